The number of hydrogen-bond acceptors (Lipinski definition) is 5. The molecule has 0 aliphatic carbocycles. The van der Waals surface area contributed by atoms with Crippen LogP contribution >= 0.6 is 23.2 Å². The number of aromatic nitrogens is 2. The molecular weight excluding hydrogens is 422 g/mol. The van der Waals surface area contributed by atoms with Gasteiger partial charge in [0.25, 0.3) is 5.91 Å². The van der Waals surface area contributed by atoms with Crippen molar-refractivity contribution in [1.29, 1.82) is 5.26 Å². The molecule has 1 heterocycles. The van der Waals surface area contributed by atoms with E-state index < -0.39 is 11.7 Å². The highest BCUT2D eigenvalue weighted by Crippen LogP contribution is 2.35. The summed E-state index contributed by atoms with van der Waals surface area (Å²) in [6.07, 6.45) is 1.27. The first-order chi connectivity index (χ1) is 13.9. The SMILES string of the molecule is COc1cc(C#N)cc(Oc2c(Cl)ccc(CNC(=O)c3[nH]cnc3Cl)c2F)c1. The quantitative estimate of drug-likeness (QED) is 0.596. The normalized spacial score (nSPS) is 10.3. The molecule has 29 heavy (non-hydrogen) atoms. The molecule has 1 amide bonds. The smallest absolute Gasteiger partial charge is 0.271 e. The number of nitriles is 1. The molecule has 1 aromatic heterocycles. The summed E-state index contributed by atoms with van der Waals surface area (Å²) in [7, 11) is 1.43. The molecule has 0 saturated carbocycles. The van der Waals surface area contributed by atoms with Gasteiger partial charge in [-0.25, -0.2) is 9.37 Å². The van der Waals surface area contributed by atoms with Crippen molar-refractivity contribution in [2.45, 2.75) is 6.54 Å². The maximum Gasteiger partial charge on any atom is 0.271 e. The third-order valence-corrected chi connectivity index (χ3v) is 4.44. The van der Waals surface area contributed by atoms with E-state index in [0.717, 1.165) is 0 Å². The molecule has 0 fully saturated rings. The topological polar surface area (TPSA) is 100 Å². The second kappa shape index (κ2) is 8.82. The van der Waals surface area contributed by atoms with E-state index in [-0.39, 0.29) is 45.0 Å². The Labute approximate surface area is 175 Å². The molecule has 0 aliphatic rings. The van der Waals surface area contributed by atoms with Crippen LogP contribution in [0.5, 0.6) is 17.2 Å². The van der Waals surface area contributed by atoms with Gasteiger partial charge in [0.05, 0.1) is 30.1 Å². The summed E-state index contributed by atoms with van der Waals surface area (Å²) >= 11 is 11.9. The van der Waals surface area contributed by atoms with Crippen LogP contribution in [0, 0.1) is 17.1 Å². The number of imidazole rings is 1. The number of nitrogens with zero attached hydrogens (tertiary/aromatic N) is 2. The van der Waals surface area contributed by atoms with Gasteiger partial charge in [-0.1, -0.05) is 29.3 Å². The van der Waals surface area contributed by atoms with E-state index in [0.29, 0.717) is 5.75 Å². The Morgan fingerprint density at radius 3 is 2.72 bits per heavy atom. The van der Waals surface area contributed by atoms with E-state index in [1.807, 2.05) is 6.07 Å². The minimum atomic E-state index is -0.755. The van der Waals surface area contributed by atoms with Crippen LogP contribution in [-0.4, -0.2) is 23.0 Å². The Kier molecular flexibility index (Phi) is 6.22. The van der Waals surface area contributed by atoms with Crippen molar-refractivity contribution in [3.63, 3.8) is 0 Å². The standard InChI is InChI=1S/C19H13Cl2FN4O3/c1-28-12-4-10(7-23)5-13(6-12)29-17-14(20)3-2-11(15(17)22)8-24-19(27)16-18(21)26-9-25-16/h2-6,9H,8H2,1H3,(H,24,27)(H,25,26). The number of carbonyl (C=O) groups is 1. The van der Waals surface area contributed by atoms with Gasteiger partial charge in [-0.2, -0.15) is 5.26 Å². The molecule has 0 unspecified atom stereocenters. The van der Waals surface area contributed by atoms with E-state index in [1.54, 1.807) is 0 Å². The third kappa shape index (κ3) is 4.59. The van der Waals surface area contributed by atoms with Crippen LogP contribution in [0.25, 0.3) is 0 Å². The van der Waals surface area contributed by atoms with E-state index >= 15 is 0 Å². The average Bonchev–Trinajstić information content (AvgIpc) is 3.16. The molecule has 2 aromatic carbocycles. The van der Waals surface area contributed by atoms with E-state index in [2.05, 4.69) is 15.3 Å². The molecule has 0 spiro atoms. The van der Waals surface area contributed by atoms with Gasteiger partial charge >= 0.3 is 0 Å². The Hall–Kier alpha value is -3.28. The summed E-state index contributed by atoms with van der Waals surface area (Å²) in [5.74, 6) is -0.997. The maximum absolute atomic E-state index is 15.0. The number of nitrogens with one attached hydrogen (secondary N) is 2. The zero-order valence-electron chi connectivity index (χ0n) is 14.9. The summed E-state index contributed by atoms with van der Waals surface area (Å²) in [5, 5.41) is 11.7. The summed E-state index contributed by atoms with van der Waals surface area (Å²) in [6.45, 7) is -0.144. The number of benzene rings is 2. The van der Waals surface area contributed by atoms with Gasteiger partial charge in [-0.3, -0.25) is 4.79 Å². The molecule has 148 valence electrons. The van der Waals surface area contributed by atoms with E-state index in [9.17, 15) is 9.18 Å². The van der Waals surface area contributed by atoms with Crippen LogP contribution < -0.4 is 14.8 Å². The van der Waals surface area contributed by atoms with Gasteiger partial charge < -0.3 is 19.8 Å². The Morgan fingerprint density at radius 1 is 1.31 bits per heavy atom. The number of aromatic amines is 1. The maximum atomic E-state index is 15.0. The van der Waals surface area contributed by atoms with E-state index in [1.165, 1.54) is 43.8 Å². The van der Waals surface area contributed by atoms with Crippen LogP contribution in [0.2, 0.25) is 10.2 Å². The number of halogens is 3. The Morgan fingerprint density at radius 2 is 2.07 bits per heavy atom. The lowest BCUT2D eigenvalue weighted by molar-refractivity contribution is 0.0946. The monoisotopic (exact) mass is 434 g/mol. The van der Waals surface area contributed by atoms with Gasteiger partial charge in [-0.15, -0.1) is 0 Å². The summed E-state index contributed by atoms with van der Waals surface area (Å²) in [5.41, 5.74) is 0.477. The zero-order valence-corrected chi connectivity index (χ0v) is 16.4. The fraction of sp³-hybridized carbons (Fsp3) is 0.105. The third-order valence-electron chi connectivity index (χ3n) is 3.85. The second-order valence-electron chi connectivity index (χ2n) is 5.71. The van der Waals surface area contributed by atoms with Gasteiger partial charge in [0, 0.05) is 18.2 Å². The summed E-state index contributed by atoms with van der Waals surface area (Å²) < 4.78 is 25.6. The van der Waals surface area contributed by atoms with Crippen molar-refractivity contribution in [1.82, 2.24) is 15.3 Å². The lowest BCUT2D eigenvalue weighted by atomic mass is 10.2. The Bertz CT molecular complexity index is 1110. The van der Waals surface area contributed by atoms with Crippen molar-refractivity contribution in [2.24, 2.45) is 0 Å². The second-order valence-corrected chi connectivity index (χ2v) is 6.48. The highest BCUT2D eigenvalue weighted by atomic mass is 35.5. The zero-order chi connectivity index (χ0) is 21.0. The molecule has 0 bridgehead atoms. The first kappa shape index (κ1) is 20.5. The van der Waals surface area contributed by atoms with Gasteiger partial charge in [0.15, 0.2) is 16.7 Å². The number of carbonyl (C=O) groups excluding carboxylic acids is 1. The minimum Gasteiger partial charge on any atom is -0.497 e. The first-order valence-electron chi connectivity index (χ1n) is 8.14. The highest BCUT2D eigenvalue weighted by molar-refractivity contribution is 6.32. The summed E-state index contributed by atoms with van der Waals surface area (Å²) in [4.78, 5) is 18.4. The number of methoxy groups -OCH3 is 1. The molecule has 0 aliphatic heterocycles. The van der Waals surface area contributed by atoms with Gasteiger partial charge in [0.2, 0.25) is 0 Å². The number of ether oxygens (including phenoxy) is 2. The summed E-state index contributed by atoms with van der Waals surface area (Å²) in [6, 6.07) is 9.26. The van der Waals surface area contributed by atoms with Crippen LogP contribution in [0.15, 0.2) is 36.7 Å². The molecule has 3 rings (SSSR count). The van der Waals surface area contributed by atoms with Crippen molar-refractivity contribution in [3.05, 3.63) is 69.5 Å². The molecule has 0 saturated heterocycles. The molecule has 10 heteroatoms. The number of amides is 1. The number of rotatable bonds is 6. The lowest BCUT2D eigenvalue weighted by Crippen LogP contribution is -2.24. The van der Waals surface area contributed by atoms with E-state index in [4.69, 9.17) is 37.9 Å². The van der Waals surface area contributed by atoms with Crippen LogP contribution in [0.4, 0.5) is 4.39 Å². The molecule has 3 aromatic rings. The average molecular weight is 435 g/mol. The molecule has 0 atom stereocenters. The molecule has 0 radical (unpaired) electrons. The first-order valence-corrected chi connectivity index (χ1v) is 8.89. The van der Waals surface area contributed by atoms with Crippen LogP contribution in [0.3, 0.4) is 0 Å². The number of H-pyrrole nitrogens is 1. The predicted molar refractivity (Wildman–Crippen MR) is 104 cm³/mol. The van der Waals surface area contributed by atoms with Gasteiger partial charge in [0.1, 0.15) is 17.2 Å². The van der Waals surface area contributed by atoms with Crippen molar-refractivity contribution >= 4 is 29.1 Å². The fourth-order valence-electron chi connectivity index (χ4n) is 2.43. The van der Waals surface area contributed by atoms with Crippen molar-refractivity contribution < 1.29 is 18.7 Å². The van der Waals surface area contributed by atoms with Crippen molar-refractivity contribution in [2.75, 3.05) is 7.11 Å². The molecular formula is C19H13Cl2FN4O3. The van der Waals surface area contributed by atoms with Gasteiger partial charge in [-0.05, 0) is 18.2 Å². The highest BCUT2D eigenvalue weighted by Gasteiger charge is 2.18. The van der Waals surface area contributed by atoms with Crippen LogP contribution in [-0.2, 0) is 6.54 Å². The minimum absolute atomic E-state index is 0.00872. The lowest BCUT2D eigenvalue weighted by Gasteiger charge is -2.13. The van der Waals surface area contributed by atoms with Crippen LogP contribution in [0.1, 0.15) is 21.6 Å². The Balaban J connectivity index is 1.83. The van der Waals surface area contributed by atoms with Crippen molar-refractivity contribution in [3.8, 4) is 23.3 Å². The predicted octanol–water partition coefficient (Wildman–Crippen LogP) is 4.46. The molecule has 7 nitrogen and oxygen atoms in total. The fourth-order valence-corrected chi connectivity index (χ4v) is 2.81. The number of hydrogen-bond donors (Lipinski definition) is 2. The largest absolute Gasteiger partial charge is 0.497 e. The molecule has 2 N–H and O–H groups in total.